The van der Waals surface area contributed by atoms with E-state index in [0.717, 1.165) is 25.7 Å². The standard InChI is InChI=1S/C18H20FNO2/c1-2-3-4-7-13-22-18(21)17-12-8-11-16(20-17)14-9-5-6-10-15(14)19/h5-6,8-12H,2-4,7,13H2,1H3. The molecule has 116 valence electrons. The first kappa shape index (κ1) is 16.1. The second kappa shape index (κ2) is 8.27. The molecule has 0 saturated heterocycles. The molecular weight excluding hydrogens is 281 g/mol. The molecule has 1 aromatic heterocycles. The number of hydrogen-bond donors (Lipinski definition) is 0. The van der Waals surface area contributed by atoms with E-state index in [9.17, 15) is 9.18 Å². The monoisotopic (exact) mass is 301 g/mol. The number of rotatable bonds is 7. The molecule has 0 spiro atoms. The van der Waals surface area contributed by atoms with Crippen LogP contribution in [0, 0.1) is 5.82 Å². The van der Waals surface area contributed by atoms with Gasteiger partial charge in [0.2, 0.25) is 0 Å². The van der Waals surface area contributed by atoms with Gasteiger partial charge in [0, 0.05) is 5.56 Å². The van der Waals surface area contributed by atoms with Gasteiger partial charge < -0.3 is 4.74 Å². The van der Waals surface area contributed by atoms with Gasteiger partial charge in [-0.05, 0) is 30.7 Å². The van der Waals surface area contributed by atoms with Crippen LogP contribution in [0.1, 0.15) is 43.1 Å². The molecule has 22 heavy (non-hydrogen) atoms. The van der Waals surface area contributed by atoms with Crippen molar-refractivity contribution in [3.8, 4) is 11.3 Å². The van der Waals surface area contributed by atoms with Gasteiger partial charge in [-0.15, -0.1) is 0 Å². The first-order chi connectivity index (χ1) is 10.7. The summed E-state index contributed by atoms with van der Waals surface area (Å²) in [7, 11) is 0. The fourth-order valence-electron chi connectivity index (χ4n) is 2.13. The number of ether oxygens (including phenoxy) is 1. The van der Waals surface area contributed by atoms with Crippen molar-refractivity contribution in [2.75, 3.05) is 6.61 Å². The Morgan fingerprint density at radius 3 is 2.68 bits per heavy atom. The third-order valence-corrected chi connectivity index (χ3v) is 3.34. The molecule has 1 heterocycles. The number of unbranched alkanes of at least 4 members (excludes halogenated alkanes) is 3. The molecule has 0 bridgehead atoms. The summed E-state index contributed by atoms with van der Waals surface area (Å²) in [6.45, 7) is 2.52. The summed E-state index contributed by atoms with van der Waals surface area (Å²) in [6.07, 6.45) is 4.18. The summed E-state index contributed by atoms with van der Waals surface area (Å²) in [4.78, 5) is 16.2. The molecule has 4 heteroatoms. The number of hydrogen-bond acceptors (Lipinski definition) is 3. The highest BCUT2D eigenvalue weighted by Gasteiger charge is 2.12. The fourth-order valence-corrected chi connectivity index (χ4v) is 2.13. The van der Waals surface area contributed by atoms with Crippen LogP contribution in [0.25, 0.3) is 11.3 Å². The summed E-state index contributed by atoms with van der Waals surface area (Å²) >= 11 is 0. The van der Waals surface area contributed by atoms with E-state index in [1.54, 1.807) is 36.4 Å². The lowest BCUT2D eigenvalue weighted by molar-refractivity contribution is 0.0491. The van der Waals surface area contributed by atoms with Crippen molar-refractivity contribution < 1.29 is 13.9 Å². The van der Waals surface area contributed by atoms with E-state index in [4.69, 9.17) is 4.74 Å². The van der Waals surface area contributed by atoms with Crippen LogP contribution in [-0.2, 0) is 4.74 Å². The number of aromatic nitrogens is 1. The SMILES string of the molecule is CCCCCCOC(=O)c1cccc(-c2ccccc2F)n1. The van der Waals surface area contributed by atoms with E-state index >= 15 is 0 Å². The van der Waals surface area contributed by atoms with Crippen LogP contribution in [0.2, 0.25) is 0 Å². The Morgan fingerprint density at radius 1 is 1.09 bits per heavy atom. The number of carbonyl (C=O) groups is 1. The Bertz CT molecular complexity index is 628. The third kappa shape index (κ3) is 4.38. The fraction of sp³-hybridized carbons (Fsp3) is 0.333. The second-order valence-electron chi connectivity index (χ2n) is 5.08. The largest absolute Gasteiger partial charge is 0.461 e. The van der Waals surface area contributed by atoms with Crippen molar-refractivity contribution in [2.45, 2.75) is 32.6 Å². The molecule has 2 rings (SSSR count). The van der Waals surface area contributed by atoms with Crippen LogP contribution in [0.3, 0.4) is 0 Å². The maximum absolute atomic E-state index is 13.8. The van der Waals surface area contributed by atoms with Crippen LogP contribution >= 0.6 is 0 Å². The van der Waals surface area contributed by atoms with E-state index in [-0.39, 0.29) is 11.5 Å². The lowest BCUT2D eigenvalue weighted by Crippen LogP contribution is -2.09. The second-order valence-corrected chi connectivity index (χ2v) is 5.08. The molecule has 3 nitrogen and oxygen atoms in total. The summed E-state index contributed by atoms with van der Waals surface area (Å²) in [5.74, 6) is -0.824. The van der Waals surface area contributed by atoms with E-state index in [0.29, 0.717) is 17.9 Å². The van der Waals surface area contributed by atoms with Crippen molar-refractivity contribution in [2.24, 2.45) is 0 Å². The average Bonchev–Trinajstić information content (AvgIpc) is 2.55. The Kier molecular flexibility index (Phi) is 6.07. The molecule has 0 aliphatic carbocycles. The van der Waals surface area contributed by atoms with E-state index < -0.39 is 5.97 Å². The van der Waals surface area contributed by atoms with Gasteiger partial charge in [-0.1, -0.05) is 44.4 Å². The average molecular weight is 301 g/mol. The van der Waals surface area contributed by atoms with Gasteiger partial charge >= 0.3 is 5.97 Å². The minimum Gasteiger partial charge on any atom is -0.461 e. The van der Waals surface area contributed by atoms with E-state index in [2.05, 4.69) is 11.9 Å². The lowest BCUT2D eigenvalue weighted by atomic mass is 10.1. The lowest BCUT2D eigenvalue weighted by Gasteiger charge is -2.06. The minimum atomic E-state index is -0.463. The number of halogens is 1. The maximum Gasteiger partial charge on any atom is 0.356 e. The summed E-state index contributed by atoms with van der Waals surface area (Å²) in [5.41, 5.74) is 1.01. The predicted molar refractivity (Wildman–Crippen MR) is 84.1 cm³/mol. The topological polar surface area (TPSA) is 39.2 Å². The highest BCUT2D eigenvalue weighted by molar-refractivity contribution is 5.87. The molecule has 1 aromatic carbocycles. The van der Waals surface area contributed by atoms with Crippen molar-refractivity contribution in [1.82, 2.24) is 4.98 Å². The number of pyridine rings is 1. The zero-order valence-electron chi connectivity index (χ0n) is 12.7. The molecular formula is C18H20FNO2. The predicted octanol–water partition coefficient (Wildman–Crippen LogP) is 4.62. The van der Waals surface area contributed by atoms with Crippen LogP contribution in [-0.4, -0.2) is 17.6 Å². The van der Waals surface area contributed by atoms with Crippen molar-refractivity contribution in [3.05, 3.63) is 54.0 Å². The van der Waals surface area contributed by atoms with Crippen molar-refractivity contribution in [1.29, 1.82) is 0 Å². The Balaban J connectivity index is 2.02. The summed E-state index contributed by atoms with van der Waals surface area (Å²) in [6, 6.07) is 11.3. The molecule has 0 N–H and O–H groups in total. The highest BCUT2D eigenvalue weighted by atomic mass is 19.1. The number of nitrogens with zero attached hydrogens (tertiary/aromatic N) is 1. The zero-order valence-corrected chi connectivity index (χ0v) is 12.7. The quantitative estimate of drug-likeness (QED) is 0.553. The van der Waals surface area contributed by atoms with Gasteiger partial charge in [-0.25, -0.2) is 14.2 Å². The molecule has 0 radical (unpaired) electrons. The minimum absolute atomic E-state index is 0.205. The van der Waals surface area contributed by atoms with Crippen LogP contribution in [0.4, 0.5) is 4.39 Å². The summed E-state index contributed by atoms with van der Waals surface area (Å²) < 4.78 is 19.0. The van der Waals surface area contributed by atoms with Gasteiger partial charge in [0.1, 0.15) is 11.5 Å². The number of carbonyl (C=O) groups excluding carboxylic acids is 1. The van der Waals surface area contributed by atoms with Gasteiger partial charge in [-0.3, -0.25) is 0 Å². The van der Waals surface area contributed by atoms with E-state index in [1.807, 2.05) is 0 Å². The normalized spacial score (nSPS) is 10.5. The molecule has 0 aliphatic rings. The van der Waals surface area contributed by atoms with Crippen molar-refractivity contribution >= 4 is 5.97 Å². The molecule has 0 unspecified atom stereocenters. The van der Waals surface area contributed by atoms with Crippen LogP contribution < -0.4 is 0 Å². The van der Waals surface area contributed by atoms with Gasteiger partial charge in [-0.2, -0.15) is 0 Å². The molecule has 0 saturated carbocycles. The maximum atomic E-state index is 13.8. The Labute approximate surface area is 130 Å². The first-order valence-corrected chi connectivity index (χ1v) is 7.61. The molecule has 0 amide bonds. The molecule has 0 aliphatic heterocycles. The number of esters is 1. The van der Waals surface area contributed by atoms with Crippen molar-refractivity contribution in [3.63, 3.8) is 0 Å². The molecule has 0 atom stereocenters. The van der Waals surface area contributed by atoms with Gasteiger partial charge in [0.25, 0.3) is 0 Å². The van der Waals surface area contributed by atoms with E-state index in [1.165, 1.54) is 6.07 Å². The zero-order chi connectivity index (χ0) is 15.8. The first-order valence-electron chi connectivity index (χ1n) is 7.61. The van der Waals surface area contributed by atoms with Crippen LogP contribution in [0.15, 0.2) is 42.5 Å². The summed E-state index contributed by atoms with van der Waals surface area (Å²) in [5, 5.41) is 0. The highest BCUT2D eigenvalue weighted by Crippen LogP contribution is 2.20. The van der Waals surface area contributed by atoms with Gasteiger partial charge in [0.15, 0.2) is 0 Å². The Morgan fingerprint density at radius 2 is 1.91 bits per heavy atom. The third-order valence-electron chi connectivity index (χ3n) is 3.34. The molecule has 2 aromatic rings. The molecule has 0 fully saturated rings. The Hall–Kier alpha value is -2.23. The smallest absolute Gasteiger partial charge is 0.356 e. The van der Waals surface area contributed by atoms with Crippen LogP contribution in [0.5, 0.6) is 0 Å². The van der Waals surface area contributed by atoms with Gasteiger partial charge in [0.05, 0.1) is 12.3 Å². The number of benzene rings is 1.